The highest BCUT2D eigenvalue weighted by Crippen LogP contribution is 2.28. The first kappa shape index (κ1) is 14.4. The summed E-state index contributed by atoms with van der Waals surface area (Å²) in [7, 11) is 0. The summed E-state index contributed by atoms with van der Waals surface area (Å²) in [5.41, 5.74) is 0.156. The summed E-state index contributed by atoms with van der Waals surface area (Å²) >= 11 is 0. The zero-order valence-corrected chi connectivity index (χ0v) is 11.6. The van der Waals surface area contributed by atoms with Crippen molar-refractivity contribution in [3.63, 3.8) is 0 Å². The fourth-order valence-corrected chi connectivity index (χ4v) is 3.03. The van der Waals surface area contributed by atoms with Crippen molar-refractivity contribution >= 4 is 0 Å². The van der Waals surface area contributed by atoms with E-state index < -0.39 is 11.6 Å². The van der Waals surface area contributed by atoms with Gasteiger partial charge < -0.3 is 5.32 Å². The second-order valence-electron chi connectivity index (χ2n) is 5.60. The molecular weight excluding hydrogens is 244 g/mol. The van der Waals surface area contributed by atoms with Crippen LogP contribution in [0.5, 0.6) is 0 Å². The van der Waals surface area contributed by atoms with Gasteiger partial charge in [0.15, 0.2) is 0 Å². The molecule has 2 rings (SSSR count). The molecule has 1 saturated carbocycles. The maximum atomic E-state index is 13.6. The average molecular weight is 267 g/mol. The van der Waals surface area contributed by atoms with Gasteiger partial charge in [0, 0.05) is 11.6 Å². The summed E-state index contributed by atoms with van der Waals surface area (Å²) in [6.45, 7) is 2.64. The highest BCUT2D eigenvalue weighted by atomic mass is 19.1. The fourth-order valence-electron chi connectivity index (χ4n) is 3.03. The molecule has 0 saturated heterocycles. The lowest BCUT2D eigenvalue weighted by atomic mass is 10.0. The summed E-state index contributed by atoms with van der Waals surface area (Å²) in [4.78, 5) is 0. The summed E-state index contributed by atoms with van der Waals surface area (Å²) < 4.78 is 27.2. The minimum absolute atomic E-state index is 0.156. The Morgan fingerprint density at radius 2 is 1.84 bits per heavy atom. The Kier molecular flexibility index (Phi) is 5.32. The topological polar surface area (TPSA) is 12.0 Å². The summed E-state index contributed by atoms with van der Waals surface area (Å²) in [5.74, 6) is -0.0473. The molecule has 1 aliphatic rings. The number of rotatable bonds is 6. The minimum Gasteiger partial charge on any atom is -0.310 e. The van der Waals surface area contributed by atoms with Crippen molar-refractivity contribution in [2.75, 3.05) is 6.54 Å². The van der Waals surface area contributed by atoms with Crippen LogP contribution in [0.15, 0.2) is 18.2 Å². The van der Waals surface area contributed by atoms with Crippen LogP contribution in [0.2, 0.25) is 0 Å². The predicted octanol–water partition coefficient (Wildman–Crippen LogP) is 4.59. The van der Waals surface area contributed by atoms with Gasteiger partial charge in [-0.1, -0.05) is 31.7 Å². The number of benzene rings is 1. The molecule has 1 nitrogen and oxygen atoms in total. The Labute approximate surface area is 114 Å². The van der Waals surface area contributed by atoms with Crippen LogP contribution in [0, 0.1) is 17.6 Å². The molecule has 0 aromatic heterocycles. The summed E-state index contributed by atoms with van der Waals surface area (Å²) in [6, 6.07) is 3.76. The molecule has 1 fully saturated rings. The van der Waals surface area contributed by atoms with Crippen molar-refractivity contribution in [3.05, 3.63) is 35.4 Å². The largest absolute Gasteiger partial charge is 0.310 e. The molecule has 1 N–H and O–H groups in total. The second kappa shape index (κ2) is 6.99. The van der Waals surface area contributed by atoms with Crippen molar-refractivity contribution in [3.8, 4) is 0 Å². The molecule has 1 aromatic carbocycles. The van der Waals surface area contributed by atoms with E-state index in [1.165, 1.54) is 50.3 Å². The molecule has 0 heterocycles. The van der Waals surface area contributed by atoms with Crippen molar-refractivity contribution in [2.24, 2.45) is 5.92 Å². The number of halogens is 2. The van der Waals surface area contributed by atoms with Crippen LogP contribution < -0.4 is 5.32 Å². The molecular formula is C16H23F2N. The predicted molar refractivity (Wildman–Crippen MR) is 74.0 cm³/mol. The van der Waals surface area contributed by atoms with E-state index in [4.69, 9.17) is 0 Å². The van der Waals surface area contributed by atoms with Gasteiger partial charge in [0.05, 0.1) is 0 Å². The Morgan fingerprint density at radius 3 is 2.47 bits per heavy atom. The molecule has 106 valence electrons. The van der Waals surface area contributed by atoms with E-state index in [1.54, 1.807) is 0 Å². The number of hydrogen-bond donors (Lipinski definition) is 1. The van der Waals surface area contributed by atoms with Crippen molar-refractivity contribution in [2.45, 2.75) is 51.5 Å². The van der Waals surface area contributed by atoms with Crippen LogP contribution >= 0.6 is 0 Å². The van der Waals surface area contributed by atoms with Gasteiger partial charge in [0.1, 0.15) is 11.6 Å². The average Bonchev–Trinajstić information content (AvgIpc) is 2.87. The highest BCUT2D eigenvalue weighted by Gasteiger charge is 2.16. The van der Waals surface area contributed by atoms with E-state index in [0.717, 1.165) is 18.9 Å². The first-order valence-electron chi connectivity index (χ1n) is 7.35. The molecule has 0 amide bonds. The molecule has 1 unspecified atom stereocenters. The third-order valence-corrected chi connectivity index (χ3v) is 4.15. The molecule has 3 heteroatoms. The molecule has 0 spiro atoms. The molecule has 19 heavy (non-hydrogen) atoms. The third-order valence-electron chi connectivity index (χ3n) is 4.15. The van der Waals surface area contributed by atoms with Crippen molar-refractivity contribution in [1.29, 1.82) is 0 Å². The van der Waals surface area contributed by atoms with Gasteiger partial charge in [-0.15, -0.1) is 0 Å². The van der Waals surface area contributed by atoms with E-state index in [-0.39, 0.29) is 11.6 Å². The Morgan fingerprint density at radius 1 is 1.21 bits per heavy atom. The van der Waals surface area contributed by atoms with E-state index in [1.807, 2.05) is 6.92 Å². The fraction of sp³-hybridized carbons (Fsp3) is 0.625. The first-order valence-corrected chi connectivity index (χ1v) is 7.35. The Balaban J connectivity index is 1.76. The molecule has 1 aliphatic carbocycles. The summed E-state index contributed by atoms with van der Waals surface area (Å²) in [5, 5.41) is 3.22. The maximum absolute atomic E-state index is 13.6. The van der Waals surface area contributed by atoms with Gasteiger partial charge in [-0.2, -0.15) is 0 Å². The van der Waals surface area contributed by atoms with Crippen LogP contribution in [0.25, 0.3) is 0 Å². The number of nitrogens with one attached hydrogen (secondary N) is 1. The quantitative estimate of drug-likeness (QED) is 0.744. The lowest BCUT2D eigenvalue weighted by molar-refractivity contribution is 0.442. The third kappa shape index (κ3) is 4.00. The van der Waals surface area contributed by atoms with Crippen LogP contribution in [0.4, 0.5) is 8.78 Å². The molecule has 0 bridgehead atoms. The standard InChI is InChI=1S/C16H23F2N/c1-12(16-14(17)9-4-10-15(16)18)19-11-5-8-13-6-2-3-7-13/h4,9-10,12-13,19H,2-3,5-8,11H2,1H3. The van der Waals surface area contributed by atoms with Gasteiger partial charge in [0.25, 0.3) is 0 Å². The molecule has 0 aliphatic heterocycles. The first-order chi connectivity index (χ1) is 9.18. The zero-order chi connectivity index (χ0) is 13.7. The molecule has 1 aromatic rings. The summed E-state index contributed by atoms with van der Waals surface area (Å²) in [6.07, 6.45) is 7.78. The smallest absolute Gasteiger partial charge is 0.130 e. The van der Waals surface area contributed by atoms with Crippen LogP contribution in [0.3, 0.4) is 0 Å². The van der Waals surface area contributed by atoms with E-state index in [2.05, 4.69) is 5.32 Å². The number of hydrogen-bond acceptors (Lipinski definition) is 1. The lowest BCUT2D eigenvalue weighted by Gasteiger charge is -2.16. The normalized spacial score (nSPS) is 17.8. The van der Waals surface area contributed by atoms with Crippen LogP contribution in [0.1, 0.15) is 57.1 Å². The maximum Gasteiger partial charge on any atom is 0.130 e. The molecule has 0 radical (unpaired) electrons. The van der Waals surface area contributed by atoms with Crippen LogP contribution in [-0.4, -0.2) is 6.54 Å². The van der Waals surface area contributed by atoms with Gasteiger partial charge in [-0.3, -0.25) is 0 Å². The van der Waals surface area contributed by atoms with Crippen molar-refractivity contribution in [1.82, 2.24) is 5.32 Å². The van der Waals surface area contributed by atoms with E-state index in [0.29, 0.717) is 0 Å². The van der Waals surface area contributed by atoms with E-state index >= 15 is 0 Å². The van der Waals surface area contributed by atoms with Gasteiger partial charge in [-0.05, 0) is 44.4 Å². The van der Waals surface area contributed by atoms with Crippen LogP contribution in [-0.2, 0) is 0 Å². The highest BCUT2D eigenvalue weighted by molar-refractivity contribution is 5.22. The lowest BCUT2D eigenvalue weighted by Crippen LogP contribution is -2.22. The Bertz CT molecular complexity index is 379. The van der Waals surface area contributed by atoms with Gasteiger partial charge in [0.2, 0.25) is 0 Å². The SMILES string of the molecule is CC(NCCCC1CCCC1)c1c(F)cccc1F. The van der Waals surface area contributed by atoms with Gasteiger partial charge in [-0.25, -0.2) is 8.78 Å². The zero-order valence-electron chi connectivity index (χ0n) is 11.6. The molecule has 1 atom stereocenters. The van der Waals surface area contributed by atoms with Gasteiger partial charge >= 0.3 is 0 Å². The minimum atomic E-state index is -0.462. The monoisotopic (exact) mass is 267 g/mol. The van der Waals surface area contributed by atoms with E-state index in [9.17, 15) is 8.78 Å². The van der Waals surface area contributed by atoms with Crippen molar-refractivity contribution < 1.29 is 8.78 Å². The Hall–Kier alpha value is -0.960. The second-order valence-corrected chi connectivity index (χ2v) is 5.60.